The average molecular weight is 408 g/mol. The fraction of sp³-hybridized carbons (Fsp3) is 0.381. The number of aryl methyl sites for hydroxylation is 3. The van der Waals surface area contributed by atoms with Crippen LogP contribution in [0.5, 0.6) is 11.5 Å². The van der Waals surface area contributed by atoms with Gasteiger partial charge >= 0.3 is 6.18 Å². The average Bonchev–Trinajstić information content (AvgIpc) is 3.06. The maximum atomic E-state index is 13.0. The number of benzene rings is 2. The second-order valence-corrected chi connectivity index (χ2v) is 6.65. The van der Waals surface area contributed by atoms with Crippen LogP contribution in [0.3, 0.4) is 0 Å². The zero-order valence-corrected chi connectivity index (χ0v) is 16.3. The normalized spacial score (nSPS) is 11.8. The molecule has 156 valence electrons. The molecular formula is C21H23F3N2O3. The number of aliphatic hydroxyl groups is 1. The number of ether oxygens (including phenoxy) is 2. The summed E-state index contributed by atoms with van der Waals surface area (Å²) in [7, 11) is 3.13. The van der Waals surface area contributed by atoms with Gasteiger partial charge < -0.3 is 19.1 Å². The molecule has 3 aromatic rings. The first-order valence-corrected chi connectivity index (χ1v) is 9.25. The fourth-order valence-corrected chi connectivity index (χ4v) is 3.31. The van der Waals surface area contributed by atoms with E-state index in [2.05, 4.69) is 4.98 Å². The lowest BCUT2D eigenvalue weighted by Gasteiger charge is -2.12. The van der Waals surface area contributed by atoms with Crippen LogP contribution >= 0.6 is 0 Å². The lowest BCUT2D eigenvalue weighted by Crippen LogP contribution is -2.08. The lowest BCUT2D eigenvalue weighted by atomic mass is 10.1. The van der Waals surface area contributed by atoms with Crippen LogP contribution in [-0.2, 0) is 25.6 Å². The molecule has 1 N–H and O–H groups in total. The molecule has 5 nitrogen and oxygen atoms in total. The molecule has 0 saturated carbocycles. The van der Waals surface area contributed by atoms with E-state index in [9.17, 15) is 13.2 Å². The Morgan fingerprint density at radius 3 is 2.41 bits per heavy atom. The summed E-state index contributed by atoms with van der Waals surface area (Å²) in [5.41, 5.74) is 1.24. The topological polar surface area (TPSA) is 56.5 Å². The van der Waals surface area contributed by atoms with Crippen LogP contribution in [0.25, 0.3) is 11.0 Å². The molecule has 0 amide bonds. The van der Waals surface area contributed by atoms with Gasteiger partial charge in [0, 0.05) is 19.6 Å². The van der Waals surface area contributed by atoms with Crippen LogP contribution in [0, 0.1) is 0 Å². The van der Waals surface area contributed by atoms with E-state index in [1.807, 2.05) is 22.8 Å². The number of halogens is 3. The third-order valence-electron chi connectivity index (χ3n) is 4.79. The Balaban J connectivity index is 1.92. The number of aromatic nitrogens is 2. The van der Waals surface area contributed by atoms with E-state index >= 15 is 0 Å². The summed E-state index contributed by atoms with van der Waals surface area (Å²) in [6, 6.07) is 9.24. The molecule has 0 spiro atoms. The zero-order valence-electron chi connectivity index (χ0n) is 16.3. The van der Waals surface area contributed by atoms with Crippen LogP contribution in [-0.4, -0.2) is 35.5 Å². The monoisotopic (exact) mass is 408 g/mol. The zero-order chi connectivity index (χ0) is 21.0. The first-order chi connectivity index (χ1) is 13.9. The number of alkyl halides is 3. The molecule has 0 fully saturated rings. The molecule has 0 aliphatic heterocycles. The third-order valence-corrected chi connectivity index (χ3v) is 4.79. The highest BCUT2D eigenvalue weighted by atomic mass is 19.4. The van der Waals surface area contributed by atoms with Gasteiger partial charge in [0.1, 0.15) is 5.82 Å². The summed E-state index contributed by atoms with van der Waals surface area (Å²) in [6.45, 7) is 0.533. The number of hydrogen-bond acceptors (Lipinski definition) is 4. The minimum Gasteiger partial charge on any atom is -0.493 e. The number of imidazole rings is 1. The molecular weight excluding hydrogens is 385 g/mol. The molecule has 29 heavy (non-hydrogen) atoms. The van der Waals surface area contributed by atoms with Crippen molar-refractivity contribution in [1.82, 2.24) is 9.55 Å². The summed E-state index contributed by atoms with van der Waals surface area (Å²) in [5.74, 6) is 1.91. The van der Waals surface area contributed by atoms with Crippen molar-refractivity contribution in [3.8, 4) is 11.5 Å². The van der Waals surface area contributed by atoms with Crippen molar-refractivity contribution in [1.29, 1.82) is 0 Å². The molecule has 1 heterocycles. The van der Waals surface area contributed by atoms with Crippen LogP contribution in [0.4, 0.5) is 13.2 Å². The first-order valence-electron chi connectivity index (χ1n) is 9.25. The molecule has 0 aliphatic rings. The molecule has 0 unspecified atom stereocenters. The van der Waals surface area contributed by atoms with Gasteiger partial charge in [-0.1, -0.05) is 6.07 Å². The standard InChI is InChI=1S/C21H23F3N2O3/c1-28-18-8-5-14(12-19(18)29-2)9-10-26-17-7-6-15(21(22,23)24)13-16(17)25-20(26)4-3-11-27/h5-8,12-13,27H,3-4,9-11H2,1-2H3. The van der Waals surface area contributed by atoms with Crippen molar-refractivity contribution in [2.45, 2.75) is 32.0 Å². The van der Waals surface area contributed by atoms with Crippen LogP contribution in [0.1, 0.15) is 23.4 Å². The SMILES string of the molecule is COc1ccc(CCn2c(CCCO)nc3cc(C(F)(F)F)ccc32)cc1OC. The van der Waals surface area contributed by atoms with E-state index in [0.717, 1.165) is 17.7 Å². The van der Waals surface area contributed by atoms with Crippen molar-refractivity contribution >= 4 is 11.0 Å². The molecule has 2 aromatic carbocycles. The Kier molecular flexibility index (Phi) is 6.32. The van der Waals surface area contributed by atoms with Crippen LogP contribution in [0.15, 0.2) is 36.4 Å². The number of fused-ring (bicyclic) bond motifs is 1. The predicted molar refractivity (Wildman–Crippen MR) is 103 cm³/mol. The number of nitrogens with zero attached hydrogens (tertiary/aromatic N) is 2. The Labute approximate surface area is 166 Å². The number of hydrogen-bond donors (Lipinski definition) is 1. The van der Waals surface area contributed by atoms with E-state index in [4.69, 9.17) is 14.6 Å². The molecule has 0 aliphatic carbocycles. The largest absolute Gasteiger partial charge is 0.493 e. The summed E-state index contributed by atoms with van der Waals surface area (Å²) in [4.78, 5) is 4.40. The number of aliphatic hydroxyl groups excluding tert-OH is 1. The molecule has 0 atom stereocenters. The second kappa shape index (κ2) is 8.73. The van der Waals surface area contributed by atoms with E-state index in [0.29, 0.717) is 54.2 Å². The molecule has 8 heteroatoms. The van der Waals surface area contributed by atoms with E-state index < -0.39 is 11.7 Å². The van der Waals surface area contributed by atoms with E-state index in [1.54, 1.807) is 14.2 Å². The van der Waals surface area contributed by atoms with Gasteiger partial charge in [-0.15, -0.1) is 0 Å². The number of rotatable bonds is 8. The Morgan fingerprint density at radius 1 is 1.00 bits per heavy atom. The van der Waals surface area contributed by atoms with Crippen LogP contribution in [0.2, 0.25) is 0 Å². The predicted octanol–water partition coefficient (Wildman–Crippen LogP) is 4.24. The van der Waals surface area contributed by atoms with Gasteiger partial charge in [-0.05, 0) is 48.7 Å². The first kappa shape index (κ1) is 21.0. The van der Waals surface area contributed by atoms with Crippen molar-refractivity contribution in [2.75, 3.05) is 20.8 Å². The third kappa shape index (κ3) is 4.64. The van der Waals surface area contributed by atoms with E-state index in [1.165, 1.54) is 6.07 Å². The summed E-state index contributed by atoms with van der Waals surface area (Å²) < 4.78 is 51.6. The molecule has 0 saturated heterocycles. The highest BCUT2D eigenvalue weighted by molar-refractivity contribution is 5.77. The van der Waals surface area contributed by atoms with Gasteiger partial charge in [-0.25, -0.2) is 4.98 Å². The van der Waals surface area contributed by atoms with Crippen LogP contribution < -0.4 is 9.47 Å². The molecule has 0 bridgehead atoms. The highest BCUT2D eigenvalue weighted by Crippen LogP contribution is 2.32. The summed E-state index contributed by atoms with van der Waals surface area (Å²) in [5, 5.41) is 9.15. The number of methoxy groups -OCH3 is 2. The summed E-state index contributed by atoms with van der Waals surface area (Å²) >= 11 is 0. The van der Waals surface area contributed by atoms with Crippen molar-refractivity contribution < 1.29 is 27.8 Å². The maximum Gasteiger partial charge on any atom is 0.416 e. The van der Waals surface area contributed by atoms with Gasteiger partial charge in [0.05, 0.1) is 30.8 Å². The highest BCUT2D eigenvalue weighted by Gasteiger charge is 2.31. The smallest absolute Gasteiger partial charge is 0.416 e. The van der Waals surface area contributed by atoms with Gasteiger partial charge in [0.25, 0.3) is 0 Å². The Bertz CT molecular complexity index is 983. The van der Waals surface area contributed by atoms with Crippen molar-refractivity contribution in [3.63, 3.8) is 0 Å². The quantitative estimate of drug-likeness (QED) is 0.606. The minimum absolute atomic E-state index is 0.00726. The Hall–Kier alpha value is -2.74. The van der Waals surface area contributed by atoms with Crippen molar-refractivity contribution in [3.05, 3.63) is 53.3 Å². The maximum absolute atomic E-state index is 13.0. The van der Waals surface area contributed by atoms with Gasteiger partial charge in [-0.3, -0.25) is 0 Å². The molecule has 1 aromatic heterocycles. The van der Waals surface area contributed by atoms with Crippen molar-refractivity contribution in [2.24, 2.45) is 0 Å². The van der Waals surface area contributed by atoms with E-state index in [-0.39, 0.29) is 6.61 Å². The van der Waals surface area contributed by atoms with Gasteiger partial charge in [0.2, 0.25) is 0 Å². The lowest BCUT2D eigenvalue weighted by molar-refractivity contribution is -0.137. The molecule has 0 radical (unpaired) electrons. The van der Waals surface area contributed by atoms with Gasteiger partial charge in [0.15, 0.2) is 11.5 Å². The van der Waals surface area contributed by atoms with Gasteiger partial charge in [-0.2, -0.15) is 13.2 Å². The fourth-order valence-electron chi connectivity index (χ4n) is 3.31. The second-order valence-electron chi connectivity index (χ2n) is 6.65. The molecule has 3 rings (SSSR count). The Morgan fingerprint density at radius 2 is 1.76 bits per heavy atom. The minimum atomic E-state index is -4.41. The summed E-state index contributed by atoms with van der Waals surface area (Å²) in [6.07, 6.45) is -2.80.